The number of sulfonamides is 1. The van der Waals surface area contributed by atoms with Gasteiger partial charge in [0.1, 0.15) is 0 Å². The zero-order chi connectivity index (χ0) is 13.5. The highest BCUT2D eigenvalue weighted by Gasteiger charge is 2.33. The van der Waals surface area contributed by atoms with E-state index in [0.717, 1.165) is 31.2 Å². The quantitative estimate of drug-likeness (QED) is 0.833. The van der Waals surface area contributed by atoms with Crippen LogP contribution in [0.1, 0.15) is 5.01 Å². The minimum Gasteiger partial charge on any atom is -0.314 e. The molecule has 8 heteroatoms. The molecule has 0 spiro atoms. The second-order valence-corrected chi connectivity index (χ2v) is 8.35. The lowest BCUT2D eigenvalue weighted by Gasteiger charge is -2.42. The maximum Gasteiger partial charge on any atom is 0.254 e. The number of thiazole rings is 1. The molecule has 0 saturated carbocycles. The Balaban J connectivity index is 1.67. The summed E-state index contributed by atoms with van der Waals surface area (Å²) in [5, 5.41) is 4.04. The lowest BCUT2D eigenvalue weighted by Crippen LogP contribution is -2.61. The minimum atomic E-state index is -3.33. The van der Waals surface area contributed by atoms with E-state index in [2.05, 4.69) is 15.2 Å². The standard InChI is InChI=1S/C11H18N4O2S2/c1-9-13-8-11(18-9)19(16,17)15-4-2-14(3-5-15)10-6-12-7-10/h8,10,12H,2-7H2,1H3. The number of nitrogens with one attached hydrogen (secondary N) is 1. The zero-order valence-corrected chi connectivity index (χ0v) is 12.5. The van der Waals surface area contributed by atoms with Gasteiger partial charge in [0, 0.05) is 45.3 Å². The van der Waals surface area contributed by atoms with E-state index in [1.54, 1.807) is 4.31 Å². The van der Waals surface area contributed by atoms with Crippen molar-refractivity contribution in [2.24, 2.45) is 0 Å². The van der Waals surface area contributed by atoms with Crippen molar-refractivity contribution in [3.8, 4) is 0 Å². The lowest BCUT2D eigenvalue weighted by molar-refractivity contribution is 0.103. The van der Waals surface area contributed by atoms with Crippen molar-refractivity contribution in [2.45, 2.75) is 17.2 Å². The summed E-state index contributed by atoms with van der Waals surface area (Å²) in [6.45, 7) is 6.69. The maximum absolute atomic E-state index is 12.4. The van der Waals surface area contributed by atoms with Crippen LogP contribution in [0.3, 0.4) is 0 Å². The molecule has 0 bridgehead atoms. The normalized spacial score (nSPS) is 23.4. The average Bonchev–Trinajstić information content (AvgIpc) is 2.75. The van der Waals surface area contributed by atoms with Gasteiger partial charge in [-0.15, -0.1) is 11.3 Å². The molecular formula is C11H18N4O2S2. The van der Waals surface area contributed by atoms with E-state index in [0.29, 0.717) is 23.3 Å². The van der Waals surface area contributed by atoms with Crippen LogP contribution in [-0.4, -0.2) is 67.9 Å². The Morgan fingerprint density at radius 3 is 2.47 bits per heavy atom. The molecule has 2 aliphatic rings. The van der Waals surface area contributed by atoms with Gasteiger partial charge in [0.05, 0.1) is 11.2 Å². The van der Waals surface area contributed by atoms with Crippen molar-refractivity contribution in [3.05, 3.63) is 11.2 Å². The van der Waals surface area contributed by atoms with Crippen LogP contribution in [0, 0.1) is 6.92 Å². The molecular weight excluding hydrogens is 284 g/mol. The minimum absolute atomic E-state index is 0.365. The number of aryl methyl sites for hydroxylation is 1. The van der Waals surface area contributed by atoms with Gasteiger partial charge in [0.15, 0.2) is 4.21 Å². The molecule has 0 aliphatic carbocycles. The highest BCUT2D eigenvalue weighted by molar-refractivity contribution is 7.91. The molecule has 2 aliphatic heterocycles. The van der Waals surface area contributed by atoms with E-state index in [1.807, 2.05) is 6.92 Å². The second kappa shape index (κ2) is 5.10. The smallest absolute Gasteiger partial charge is 0.254 e. The largest absolute Gasteiger partial charge is 0.314 e. The van der Waals surface area contributed by atoms with E-state index >= 15 is 0 Å². The predicted molar refractivity (Wildman–Crippen MR) is 73.8 cm³/mol. The van der Waals surface area contributed by atoms with Crippen LogP contribution >= 0.6 is 11.3 Å². The molecule has 1 aromatic rings. The van der Waals surface area contributed by atoms with Gasteiger partial charge in [0.2, 0.25) is 0 Å². The molecule has 1 aromatic heterocycles. The first-order valence-electron chi connectivity index (χ1n) is 6.45. The summed E-state index contributed by atoms with van der Waals surface area (Å²) in [4.78, 5) is 6.41. The monoisotopic (exact) mass is 302 g/mol. The molecule has 2 saturated heterocycles. The van der Waals surface area contributed by atoms with Gasteiger partial charge >= 0.3 is 0 Å². The third-order valence-corrected chi connectivity index (χ3v) is 6.99. The van der Waals surface area contributed by atoms with Crippen molar-refractivity contribution >= 4 is 21.4 Å². The van der Waals surface area contributed by atoms with Gasteiger partial charge < -0.3 is 5.32 Å². The summed E-state index contributed by atoms with van der Waals surface area (Å²) >= 11 is 1.25. The van der Waals surface area contributed by atoms with Crippen LogP contribution in [0.5, 0.6) is 0 Å². The highest BCUT2D eigenvalue weighted by Crippen LogP contribution is 2.23. The van der Waals surface area contributed by atoms with E-state index < -0.39 is 10.0 Å². The summed E-state index contributed by atoms with van der Waals surface area (Å²) < 4.78 is 26.8. The summed E-state index contributed by atoms with van der Waals surface area (Å²) in [7, 11) is -3.33. The predicted octanol–water partition coefficient (Wildman–Crippen LogP) is -0.270. The maximum atomic E-state index is 12.4. The molecule has 0 atom stereocenters. The Kier molecular flexibility index (Phi) is 3.61. The molecule has 3 rings (SSSR count). The third-order valence-electron chi connectivity index (χ3n) is 3.74. The van der Waals surface area contributed by atoms with Gasteiger partial charge in [-0.25, -0.2) is 13.4 Å². The molecule has 6 nitrogen and oxygen atoms in total. The van der Waals surface area contributed by atoms with Crippen LogP contribution in [0.4, 0.5) is 0 Å². The Hall–Kier alpha value is -0.540. The third kappa shape index (κ3) is 2.55. The topological polar surface area (TPSA) is 65.5 Å². The number of nitrogens with zero attached hydrogens (tertiary/aromatic N) is 3. The number of hydrogen-bond acceptors (Lipinski definition) is 6. The Labute approximate surface area is 117 Å². The van der Waals surface area contributed by atoms with E-state index in [4.69, 9.17) is 0 Å². The summed E-state index contributed by atoms with van der Waals surface area (Å²) in [5.41, 5.74) is 0. The molecule has 1 N–H and O–H groups in total. The molecule has 3 heterocycles. The van der Waals surface area contributed by atoms with Crippen LogP contribution in [0.25, 0.3) is 0 Å². The van der Waals surface area contributed by atoms with Crippen molar-refractivity contribution in [1.82, 2.24) is 19.5 Å². The fraction of sp³-hybridized carbons (Fsp3) is 0.727. The number of rotatable bonds is 3. The van der Waals surface area contributed by atoms with Crippen molar-refractivity contribution in [2.75, 3.05) is 39.3 Å². The Bertz CT molecular complexity index is 545. The first-order valence-corrected chi connectivity index (χ1v) is 8.70. The van der Waals surface area contributed by atoms with Crippen LogP contribution in [-0.2, 0) is 10.0 Å². The van der Waals surface area contributed by atoms with E-state index in [9.17, 15) is 8.42 Å². The Morgan fingerprint density at radius 2 is 2.00 bits per heavy atom. The van der Waals surface area contributed by atoms with Crippen LogP contribution in [0.2, 0.25) is 0 Å². The lowest BCUT2D eigenvalue weighted by atomic mass is 10.1. The van der Waals surface area contributed by atoms with Crippen LogP contribution in [0.15, 0.2) is 10.4 Å². The van der Waals surface area contributed by atoms with Crippen molar-refractivity contribution < 1.29 is 8.42 Å². The number of hydrogen-bond donors (Lipinski definition) is 1. The second-order valence-electron chi connectivity index (χ2n) is 4.95. The van der Waals surface area contributed by atoms with Gasteiger partial charge in [-0.3, -0.25) is 4.90 Å². The fourth-order valence-corrected chi connectivity index (χ4v) is 5.11. The van der Waals surface area contributed by atoms with Gasteiger partial charge in [-0.2, -0.15) is 4.31 Å². The average molecular weight is 302 g/mol. The van der Waals surface area contributed by atoms with Crippen molar-refractivity contribution in [3.63, 3.8) is 0 Å². The van der Waals surface area contributed by atoms with E-state index in [-0.39, 0.29) is 0 Å². The molecule has 106 valence electrons. The zero-order valence-electron chi connectivity index (χ0n) is 10.9. The SMILES string of the molecule is Cc1ncc(S(=O)(=O)N2CCN(C3CNC3)CC2)s1. The first-order chi connectivity index (χ1) is 9.07. The molecule has 0 unspecified atom stereocenters. The first kappa shape index (κ1) is 13.4. The van der Waals surface area contributed by atoms with E-state index in [1.165, 1.54) is 17.5 Å². The molecule has 2 fully saturated rings. The Morgan fingerprint density at radius 1 is 1.32 bits per heavy atom. The molecule has 0 amide bonds. The molecule has 0 radical (unpaired) electrons. The van der Waals surface area contributed by atoms with Crippen LogP contribution < -0.4 is 5.32 Å². The summed E-state index contributed by atoms with van der Waals surface area (Å²) in [5.74, 6) is 0. The van der Waals surface area contributed by atoms with Crippen molar-refractivity contribution in [1.29, 1.82) is 0 Å². The highest BCUT2D eigenvalue weighted by atomic mass is 32.2. The van der Waals surface area contributed by atoms with Gasteiger partial charge in [-0.1, -0.05) is 0 Å². The molecule has 0 aromatic carbocycles. The number of aromatic nitrogens is 1. The molecule has 19 heavy (non-hydrogen) atoms. The number of piperazine rings is 1. The summed E-state index contributed by atoms with van der Waals surface area (Å²) in [6, 6.07) is 0.593. The summed E-state index contributed by atoms with van der Waals surface area (Å²) in [6.07, 6.45) is 1.47. The van der Waals surface area contributed by atoms with Gasteiger partial charge in [-0.05, 0) is 6.92 Å². The van der Waals surface area contributed by atoms with Gasteiger partial charge in [0.25, 0.3) is 10.0 Å². The fourth-order valence-electron chi connectivity index (χ4n) is 2.43.